The highest BCUT2D eigenvalue weighted by Crippen LogP contribution is 2.39. The zero-order valence-electron chi connectivity index (χ0n) is 25.9. The number of rotatable bonds is 12. The first-order valence-corrected chi connectivity index (χ1v) is 16.0. The van der Waals surface area contributed by atoms with Gasteiger partial charge in [-0.2, -0.15) is 0 Å². The molecule has 0 N–H and O–H groups in total. The maximum atomic E-state index is 13.3. The van der Waals surface area contributed by atoms with Crippen LogP contribution >= 0.6 is 0 Å². The van der Waals surface area contributed by atoms with E-state index in [1.54, 1.807) is 0 Å². The van der Waals surface area contributed by atoms with Crippen LogP contribution in [0.15, 0.2) is 14.4 Å². The number of fused-ring (bicyclic) bond motifs is 1. The molecule has 4 aliphatic rings. The van der Waals surface area contributed by atoms with Gasteiger partial charge in [0.2, 0.25) is 0 Å². The molecule has 45 heavy (non-hydrogen) atoms. The minimum atomic E-state index is -0.930. The van der Waals surface area contributed by atoms with Crippen LogP contribution in [0.3, 0.4) is 0 Å². The molecule has 0 spiro atoms. The Hall–Kier alpha value is -3.30. The van der Waals surface area contributed by atoms with E-state index in [9.17, 15) is 28.8 Å². The summed E-state index contributed by atoms with van der Waals surface area (Å²) in [4.78, 5) is 77.7. The zero-order valence-corrected chi connectivity index (χ0v) is 25.9. The van der Waals surface area contributed by atoms with E-state index in [-0.39, 0.29) is 82.3 Å². The third-order valence-electron chi connectivity index (χ3n) is 9.06. The molecule has 0 aromatic carbocycles. The third-order valence-corrected chi connectivity index (χ3v) is 9.06. The minimum absolute atomic E-state index is 0.0631. The molecule has 0 radical (unpaired) electrons. The molecular weight excluding hydrogens is 594 g/mol. The molecular formula is C30H43N3O12. The van der Waals surface area contributed by atoms with Crippen molar-refractivity contribution in [1.29, 1.82) is 0 Å². The van der Waals surface area contributed by atoms with Gasteiger partial charge in [0.15, 0.2) is 0 Å². The fourth-order valence-electron chi connectivity index (χ4n) is 6.22. The quantitative estimate of drug-likeness (QED) is 0.171. The van der Waals surface area contributed by atoms with Crippen molar-refractivity contribution in [2.24, 2.45) is 17.8 Å². The van der Waals surface area contributed by atoms with Crippen molar-refractivity contribution in [3.8, 4) is 0 Å². The Labute approximate surface area is 259 Å². The lowest BCUT2D eigenvalue weighted by Crippen LogP contribution is -2.55. The van der Waals surface area contributed by atoms with Crippen molar-refractivity contribution in [2.45, 2.75) is 103 Å². The molecule has 7 unspecified atom stereocenters. The van der Waals surface area contributed by atoms with Crippen molar-refractivity contribution < 1.29 is 42.8 Å². The number of carbonyl (C=O) groups is 3. The number of carbonyl (C=O) groups excluding carboxylic acids is 3. The Morgan fingerprint density at radius 2 is 1.13 bits per heavy atom. The second-order valence-electron chi connectivity index (χ2n) is 12.3. The van der Waals surface area contributed by atoms with E-state index in [0.717, 1.165) is 20.1 Å². The SMILES string of the molecule is CC1CCC(C(=O)OCCn2c(=O)n(CCOC(=O)C3CCOC(C)C3)c(=O)n(CCOC(=O)C3CCC4OC4C3)c2=O)CO1. The molecule has 3 saturated heterocycles. The van der Waals surface area contributed by atoms with Gasteiger partial charge in [0.25, 0.3) is 0 Å². The fourth-order valence-corrected chi connectivity index (χ4v) is 6.22. The summed E-state index contributed by atoms with van der Waals surface area (Å²) in [5.74, 6) is -2.45. The van der Waals surface area contributed by atoms with Gasteiger partial charge >= 0.3 is 35.0 Å². The van der Waals surface area contributed by atoms with Gasteiger partial charge in [-0.05, 0) is 58.8 Å². The Morgan fingerprint density at radius 1 is 0.622 bits per heavy atom. The van der Waals surface area contributed by atoms with Crippen LogP contribution in [-0.2, 0) is 62.4 Å². The summed E-state index contributed by atoms with van der Waals surface area (Å²) in [7, 11) is 0. The number of esters is 3. The lowest BCUT2D eigenvalue weighted by Gasteiger charge is -2.25. The summed E-state index contributed by atoms with van der Waals surface area (Å²) >= 11 is 0. The van der Waals surface area contributed by atoms with Crippen LogP contribution in [0.2, 0.25) is 0 Å². The molecule has 3 aliphatic heterocycles. The number of hydrogen-bond acceptors (Lipinski definition) is 12. The van der Waals surface area contributed by atoms with Crippen LogP contribution in [0.25, 0.3) is 0 Å². The summed E-state index contributed by atoms with van der Waals surface area (Å²) in [6, 6.07) is 0. The van der Waals surface area contributed by atoms with Crippen LogP contribution in [0.5, 0.6) is 0 Å². The molecule has 0 bridgehead atoms. The number of epoxide rings is 1. The van der Waals surface area contributed by atoms with Gasteiger partial charge < -0.3 is 28.4 Å². The lowest BCUT2D eigenvalue weighted by atomic mass is 9.89. The highest BCUT2D eigenvalue weighted by atomic mass is 16.6. The summed E-state index contributed by atoms with van der Waals surface area (Å²) in [6.07, 6.45) is 4.66. The fraction of sp³-hybridized carbons (Fsp3) is 0.800. The molecule has 1 aromatic heterocycles. The molecule has 1 saturated carbocycles. The van der Waals surface area contributed by atoms with Crippen molar-refractivity contribution >= 4 is 17.9 Å². The average Bonchev–Trinajstić information content (AvgIpc) is 3.81. The van der Waals surface area contributed by atoms with Crippen LogP contribution in [0.4, 0.5) is 0 Å². The number of hydrogen-bond donors (Lipinski definition) is 0. The van der Waals surface area contributed by atoms with Crippen molar-refractivity contribution in [3.05, 3.63) is 31.5 Å². The second kappa shape index (κ2) is 14.9. The Kier molecular flexibility index (Phi) is 10.9. The smallest absolute Gasteiger partial charge is 0.336 e. The number of ether oxygens (including phenoxy) is 6. The van der Waals surface area contributed by atoms with Gasteiger partial charge in [0.1, 0.15) is 19.8 Å². The molecule has 15 nitrogen and oxygen atoms in total. The maximum Gasteiger partial charge on any atom is 0.336 e. The van der Waals surface area contributed by atoms with Gasteiger partial charge in [-0.15, -0.1) is 0 Å². The standard InChI is InChI=1S/C30H43N3O12/c1-18-3-4-22(17-44-18)27(36)43-14-10-33-29(38)31(8-12-41-25(34)20-5-6-23-24(16-20)45-23)28(37)32(30(33)39)9-13-42-26(35)21-7-11-40-19(2)15-21/h18-24H,3-17H2,1-2H3. The molecule has 4 fully saturated rings. The van der Waals surface area contributed by atoms with E-state index in [1.165, 1.54) is 0 Å². The Bertz CT molecular complexity index is 1350. The molecule has 250 valence electrons. The number of aromatic nitrogens is 3. The monoisotopic (exact) mass is 637 g/mol. The average molecular weight is 638 g/mol. The maximum absolute atomic E-state index is 13.3. The molecule has 7 atom stereocenters. The van der Waals surface area contributed by atoms with E-state index in [1.807, 2.05) is 13.8 Å². The van der Waals surface area contributed by atoms with Crippen LogP contribution in [0.1, 0.15) is 58.8 Å². The molecule has 5 rings (SSSR count). The summed E-state index contributed by atoms with van der Waals surface area (Å²) in [5, 5.41) is 0. The largest absolute Gasteiger partial charge is 0.464 e. The molecule has 15 heteroatoms. The van der Waals surface area contributed by atoms with Gasteiger partial charge in [-0.3, -0.25) is 14.4 Å². The van der Waals surface area contributed by atoms with Crippen molar-refractivity contribution in [3.63, 3.8) is 0 Å². The predicted molar refractivity (Wildman–Crippen MR) is 154 cm³/mol. The van der Waals surface area contributed by atoms with Gasteiger partial charge in [-0.25, -0.2) is 28.1 Å². The first-order chi connectivity index (χ1) is 21.6. The molecule has 1 aliphatic carbocycles. The summed E-state index contributed by atoms with van der Waals surface area (Å²) in [6.45, 7) is 2.75. The van der Waals surface area contributed by atoms with E-state index in [4.69, 9.17) is 28.4 Å². The predicted octanol–water partition coefficient (Wildman–Crippen LogP) is -0.001000. The zero-order chi connectivity index (χ0) is 32.1. The lowest BCUT2D eigenvalue weighted by molar-refractivity contribution is -0.155. The van der Waals surface area contributed by atoms with Gasteiger partial charge in [0.05, 0.1) is 68.4 Å². The van der Waals surface area contributed by atoms with Crippen LogP contribution in [-0.4, -0.2) is 89.1 Å². The molecule has 1 aromatic rings. The highest BCUT2D eigenvalue weighted by Gasteiger charge is 2.46. The Balaban J connectivity index is 1.25. The van der Waals surface area contributed by atoms with E-state index in [2.05, 4.69) is 0 Å². The van der Waals surface area contributed by atoms with Gasteiger partial charge in [-0.1, -0.05) is 0 Å². The first kappa shape index (κ1) is 33.1. The first-order valence-electron chi connectivity index (χ1n) is 16.0. The van der Waals surface area contributed by atoms with E-state index in [0.29, 0.717) is 45.1 Å². The molecule has 0 amide bonds. The van der Waals surface area contributed by atoms with E-state index >= 15 is 0 Å². The highest BCUT2D eigenvalue weighted by molar-refractivity contribution is 5.73. The summed E-state index contributed by atoms with van der Waals surface area (Å²) < 4.78 is 35.0. The van der Waals surface area contributed by atoms with Crippen molar-refractivity contribution in [2.75, 3.05) is 33.0 Å². The van der Waals surface area contributed by atoms with Crippen molar-refractivity contribution in [1.82, 2.24) is 13.7 Å². The Morgan fingerprint density at radius 3 is 1.62 bits per heavy atom. The third kappa shape index (κ3) is 8.30. The van der Waals surface area contributed by atoms with Crippen LogP contribution < -0.4 is 17.1 Å². The van der Waals surface area contributed by atoms with Gasteiger partial charge in [0, 0.05) is 6.61 Å². The second-order valence-corrected chi connectivity index (χ2v) is 12.3. The number of nitrogens with zero attached hydrogens (tertiary/aromatic N) is 3. The topological polar surface area (TPSA) is 176 Å². The molecule has 4 heterocycles. The van der Waals surface area contributed by atoms with Crippen LogP contribution in [0, 0.1) is 17.8 Å². The summed E-state index contributed by atoms with van der Waals surface area (Å²) in [5.41, 5.74) is -2.78. The normalized spacial score (nSPS) is 29.3. The minimum Gasteiger partial charge on any atom is -0.464 e. The van der Waals surface area contributed by atoms with E-state index < -0.39 is 40.9 Å².